The number of alkyl halides is 3. The summed E-state index contributed by atoms with van der Waals surface area (Å²) in [4.78, 5) is 13.0. The zero-order valence-electron chi connectivity index (χ0n) is 19.6. The third-order valence-electron chi connectivity index (χ3n) is 5.53. The van der Waals surface area contributed by atoms with Gasteiger partial charge in [0.2, 0.25) is 0 Å². The number of aromatic nitrogens is 2. The summed E-state index contributed by atoms with van der Waals surface area (Å²) in [7, 11) is -3.65. The molecule has 3 aromatic carbocycles. The second kappa shape index (κ2) is 10.1. The Balaban J connectivity index is 1.69. The Labute approximate surface area is 215 Å². The van der Waals surface area contributed by atoms with Crippen LogP contribution >= 0.6 is 0 Å². The number of sulfone groups is 1. The maximum Gasteiger partial charge on any atom is 0.435 e. The topological polar surface area (TPSA) is 125 Å². The summed E-state index contributed by atoms with van der Waals surface area (Å²) in [6, 6.07) is 19.8. The lowest BCUT2D eigenvalue weighted by Crippen LogP contribution is -2.17. The van der Waals surface area contributed by atoms with Gasteiger partial charge in [-0.3, -0.25) is 4.79 Å². The highest BCUT2D eigenvalue weighted by Gasteiger charge is 2.36. The van der Waals surface area contributed by atoms with Gasteiger partial charge in [-0.25, -0.2) is 13.1 Å². The quantitative estimate of drug-likeness (QED) is 0.371. The molecule has 2 N–H and O–H groups in total. The van der Waals surface area contributed by atoms with Crippen LogP contribution in [0.25, 0.3) is 5.69 Å². The zero-order valence-corrected chi connectivity index (χ0v) is 20.5. The molecule has 4 rings (SSSR count). The Morgan fingerprint density at radius 3 is 2.45 bits per heavy atom. The number of amides is 1. The van der Waals surface area contributed by atoms with E-state index in [-0.39, 0.29) is 33.0 Å². The van der Waals surface area contributed by atoms with E-state index in [9.17, 15) is 31.5 Å². The number of halogens is 3. The monoisotopic (exact) mass is 540 g/mol. The van der Waals surface area contributed by atoms with Gasteiger partial charge in [0.05, 0.1) is 22.2 Å². The van der Waals surface area contributed by atoms with E-state index in [0.29, 0.717) is 6.07 Å². The van der Waals surface area contributed by atoms with Gasteiger partial charge in [0.1, 0.15) is 11.8 Å². The minimum absolute atomic E-state index is 0.0647. The summed E-state index contributed by atoms with van der Waals surface area (Å²) >= 11 is 0. The molecule has 1 atom stereocenters. The van der Waals surface area contributed by atoms with Gasteiger partial charge < -0.3 is 10.4 Å². The molecule has 0 saturated heterocycles. The van der Waals surface area contributed by atoms with Crippen LogP contribution in [0.2, 0.25) is 0 Å². The minimum Gasteiger partial charge on any atom is -0.384 e. The molecule has 1 unspecified atom stereocenters. The van der Waals surface area contributed by atoms with Gasteiger partial charge in [-0.05, 0) is 42.0 Å². The van der Waals surface area contributed by atoms with Gasteiger partial charge in [-0.15, -0.1) is 0 Å². The smallest absolute Gasteiger partial charge is 0.384 e. The molecule has 8 nitrogen and oxygen atoms in total. The third kappa shape index (κ3) is 5.59. The third-order valence-corrected chi connectivity index (χ3v) is 6.70. The molecule has 0 radical (unpaired) electrons. The maximum atomic E-state index is 13.4. The maximum absolute atomic E-state index is 13.4. The molecule has 0 bridgehead atoms. The van der Waals surface area contributed by atoms with Crippen molar-refractivity contribution in [2.75, 3.05) is 11.6 Å². The molecule has 1 heterocycles. The molecule has 0 aliphatic carbocycles. The Bertz CT molecular complexity index is 1670. The fourth-order valence-electron chi connectivity index (χ4n) is 3.79. The predicted octanol–water partition coefficient (Wildman–Crippen LogP) is 4.50. The van der Waals surface area contributed by atoms with Crippen molar-refractivity contribution in [3.63, 3.8) is 0 Å². The first-order valence-electron chi connectivity index (χ1n) is 10.9. The van der Waals surface area contributed by atoms with Crippen LogP contribution in [-0.2, 0) is 16.0 Å². The predicted molar refractivity (Wildman–Crippen MR) is 131 cm³/mol. The number of carbonyl (C=O) groups is 1. The number of aliphatic hydroxyl groups is 1. The van der Waals surface area contributed by atoms with Crippen molar-refractivity contribution in [1.29, 1.82) is 5.26 Å². The van der Waals surface area contributed by atoms with Gasteiger partial charge in [0.15, 0.2) is 15.5 Å². The second-order valence-corrected chi connectivity index (χ2v) is 10.3. The van der Waals surface area contributed by atoms with Crippen molar-refractivity contribution >= 4 is 21.4 Å². The first-order valence-corrected chi connectivity index (χ1v) is 12.8. The van der Waals surface area contributed by atoms with Crippen molar-refractivity contribution < 1.29 is 31.5 Å². The number of hydrogen-bond donors (Lipinski definition) is 2. The van der Waals surface area contributed by atoms with Gasteiger partial charge in [0.25, 0.3) is 5.91 Å². The van der Waals surface area contributed by atoms with Gasteiger partial charge in [-0.1, -0.05) is 36.4 Å². The minimum atomic E-state index is -4.83. The lowest BCUT2D eigenvalue weighted by Gasteiger charge is -2.16. The SMILES string of the molecule is CS(=O)(=O)c1ccccc1C(O)c1cccc(NC(=O)c2cc(C(F)(F)F)nn2-c2cccc(C#N)c2)c1. The first-order chi connectivity index (χ1) is 17.9. The van der Waals surface area contributed by atoms with Crippen molar-refractivity contribution in [1.82, 2.24) is 9.78 Å². The summed E-state index contributed by atoms with van der Waals surface area (Å²) in [6.07, 6.45) is -5.18. The van der Waals surface area contributed by atoms with Gasteiger partial charge >= 0.3 is 6.18 Å². The summed E-state index contributed by atoms with van der Waals surface area (Å²) in [5.74, 6) is -0.932. The van der Waals surface area contributed by atoms with Gasteiger partial charge in [-0.2, -0.15) is 23.5 Å². The molecule has 0 spiro atoms. The number of carbonyl (C=O) groups excluding carboxylic acids is 1. The van der Waals surface area contributed by atoms with Crippen LogP contribution in [0, 0.1) is 11.3 Å². The number of hydrogen-bond acceptors (Lipinski definition) is 6. The number of nitrogens with one attached hydrogen (secondary N) is 1. The highest BCUT2D eigenvalue weighted by molar-refractivity contribution is 7.90. The highest BCUT2D eigenvalue weighted by Crippen LogP contribution is 2.31. The van der Waals surface area contributed by atoms with Gasteiger partial charge in [0, 0.05) is 23.6 Å². The number of nitrogens with zero attached hydrogens (tertiary/aromatic N) is 3. The largest absolute Gasteiger partial charge is 0.435 e. The zero-order chi connectivity index (χ0) is 27.7. The summed E-state index contributed by atoms with van der Waals surface area (Å²) < 4.78 is 65.3. The molecule has 0 aliphatic rings. The fraction of sp³-hybridized carbons (Fsp3) is 0.115. The van der Waals surface area contributed by atoms with Crippen LogP contribution in [0.1, 0.15) is 39.0 Å². The molecular weight excluding hydrogens is 521 g/mol. The lowest BCUT2D eigenvalue weighted by atomic mass is 10.0. The Kier molecular flexibility index (Phi) is 7.08. The van der Waals surface area contributed by atoms with E-state index in [1.165, 1.54) is 66.7 Å². The van der Waals surface area contributed by atoms with Crippen LogP contribution in [0.4, 0.5) is 18.9 Å². The first kappa shape index (κ1) is 26.6. The molecule has 0 aliphatic heterocycles. The number of benzene rings is 3. The van der Waals surface area contributed by atoms with Crippen LogP contribution in [0.15, 0.2) is 83.8 Å². The number of aliphatic hydroxyl groups excluding tert-OH is 1. The van der Waals surface area contributed by atoms with Crippen molar-refractivity contribution in [2.24, 2.45) is 0 Å². The number of anilines is 1. The molecular formula is C26H19F3N4O4S. The summed E-state index contributed by atoms with van der Waals surface area (Å²) in [5, 5.41) is 26.1. The molecule has 12 heteroatoms. The van der Waals surface area contributed by atoms with E-state index in [4.69, 9.17) is 5.26 Å². The number of rotatable bonds is 6. The molecule has 0 fully saturated rings. The number of nitriles is 1. The summed E-state index contributed by atoms with van der Waals surface area (Å²) in [5.41, 5.74) is -1.00. The standard InChI is InChI=1S/C26H19F3N4O4S/c1-38(36,37)22-11-3-2-10-20(22)24(34)17-7-5-8-18(13-17)31-25(35)21-14-23(26(27,28)29)32-33(21)19-9-4-6-16(12-19)15-30/h2-14,24,34H,1H3,(H,31,35). The molecule has 194 valence electrons. The Morgan fingerprint density at radius 2 is 1.76 bits per heavy atom. The van der Waals surface area contributed by atoms with E-state index in [1.807, 2.05) is 6.07 Å². The van der Waals surface area contributed by atoms with E-state index in [1.54, 1.807) is 6.07 Å². The Hall–Kier alpha value is -4.47. The molecule has 1 aromatic heterocycles. The van der Waals surface area contributed by atoms with Crippen LogP contribution in [0.5, 0.6) is 0 Å². The molecule has 4 aromatic rings. The Morgan fingerprint density at radius 1 is 1.05 bits per heavy atom. The van der Waals surface area contributed by atoms with E-state index < -0.39 is 39.4 Å². The molecule has 0 saturated carbocycles. The van der Waals surface area contributed by atoms with E-state index in [2.05, 4.69) is 10.4 Å². The second-order valence-electron chi connectivity index (χ2n) is 8.28. The lowest BCUT2D eigenvalue weighted by molar-refractivity contribution is -0.141. The highest BCUT2D eigenvalue weighted by atomic mass is 32.2. The molecule has 1 amide bonds. The normalized spacial score (nSPS) is 12.5. The van der Waals surface area contributed by atoms with Crippen LogP contribution in [-0.4, -0.2) is 35.5 Å². The van der Waals surface area contributed by atoms with E-state index in [0.717, 1.165) is 10.9 Å². The van der Waals surface area contributed by atoms with Crippen LogP contribution < -0.4 is 5.32 Å². The fourth-order valence-corrected chi connectivity index (χ4v) is 4.72. The summed E-state index contributed by atoms with van der Waals surface area (Å²) in [6.45, 7) is 0. The van der Waals surface area contributed by atoms with E-state index >= 15 is 0 Å². The van der Waals surface area contributed by atoms with Crippen molar-refractivity contribution in [2.45, 2.75) is 17.2 Å². The van der Waals surface area contributed by atoms with Crippen LogP contribution in [0.3, 0.4) is 0 Å². The van der Waals surface area contributed by atoms with Crippen molar-refractivity contribution in [3.8, 4) is 11.8 Å². The molecule has 38 heavy (non-hydrogen) atoms. The van der Waals surface area contributed by atoms with Crippen molar-refractivity contribution in [3.05, 3.63) is 107 Å². The average molecular weight is 541 g/mol. The average Bonchev–Trinajstić information content (AvgIpc) is 3.35.